The Morgan fingerprint density at radius 3 is 2.40 bits per heavy atom. The maximum Gasteiger partial charge on any atom is 0.218 e. The topological polar surface area (TPSA) is 71.5 Å². The van der Waals surface area contributed by atoms with E-state index in [1.54, 1.807) is 6.92 Å². The van der Waals surface area contributed by atoms with Gasteiger partial charge in [-0.15, -0.1) is 0 Å². The smallest absolute Gasteiger partial charge is 0.218 e. The second kappa shape index (κ2) is 5.83. The summed E-state index contributed by atoms with van der Waals surface area (Å²) >= 11 is 0. The van der Waals surface area contributed by atoms with E-state index in [0.29, 0.717) is 6.54 Å². The molecule has 0 saturated carbocycles. The molecule has 1 aromatic carbocycles. The molecule has 2 rings (SSSR count). The van der Waals surface area contributed by atoms with E-state index >= 15 is 0 Å². The lowest BCUT2D eigenvalue weighted by molar-refractivity contribution is 0.416. The van der Waals surface area contributed by atoms with E-state index in [9.17, 15) is 16.8 Å². The summed E-state index contributed by atoms with van der Waals surface area (Å²) in [5.41, 5.74) is 0.902. The van der Waals surface area contributed by atoms with E-state index in [1.807, 2.05) is 30.3 Å². The van der Waals surface area contributed by atoms with Crippen molar-refractivity contribution in [2.75, 3.05) is 18.1 Å². The first-order valence-corrected chi connectivity index (χ1v) is 9.91. The molecule has 1 atom stereocenters. The van der Waals surface area contributed by atoms with Crippen LogP contribution in [-0.2, 0) is 26.4 Å². The molecule has 1 saturated heterocycles. The number of rotatable bonds is 5. The molecule has 1 aliphatic heterocycles. The maximum absolute atomic E-state index is 12.5. The van der Waals surface area contributed by atoms with Crippen LogP contribution in [0.15, 0.2) is 30.3 Å². The minimum atomic E-state index is -3.57. The van der Waals surface area contributed by atoms with E-state index in [1.165, 1.54) is 4.31 Å². The number of hydrogen-bond acceptors (Lipinski definition) is 4. The van der Waals surface area contributed by atoms with Crippen LogP contribution in [0.4, 0.5) is 0 Å². The predicted molar refractivity (Wildman–Crippen MR) is 78.5 cm³/mol. The fourth-order valence-corrected chi connectivity index (χ4v) is 6.90. The van der Waals surface area contributed by atoms with Gasteiger partial charge in [0.15, 0.2) is 9.84 Å². The van der Waals surface area contributed by atoms with Crippen molar-refractivity contribution in [2.45, 2.75) is 25.1 Å². The van der Waals surface area contributed by atoms with Gasteiger partial charge in [-0.25, -0.2) is 16.8 Å². The summed E-state index contributed by atoms with van der Waals surface area (Å²) in [5.74, 6) is -0.277. The summed E-state index contributed by atoms with van der Waals surface area (Å²) in [4.78, 5) is 0. The molecule has 7 heteroatoms. The molecule has 0 radical (unpaired) electrons. The van der Waals surface area contributed by atoms with Crippen LogP contribution in [0.2, 0.25) is 0 Å². The first kappa shape index (κ1) is 15.5. The number of hydrogen-bond donors (Lipinski definition) is 0. The molecular weight excluding hydrogens is 298 g/mol. The summed E-state index contributed by atoms with van der Waals surface area (Å²) in [5, 5.41) is -0.795. The highest BCUT2D eigenvalue weighted by atomic mass is 32.2. The van der Waals surface area contributed by atoms with E-state index in [0.717, 1.165) is 5.56 Å². The average molecular weight is 317 g/mol. The van der Waals surface area contributed by atoms with Crippen LogP contribution < -0.4 is 0 Å². The van der Waals surface area contributed by atoms with Crippen LogP contribution in [0.3, 0.4) is 0 Å². The fraction of sp³-hybridized carbons (Fsp3) is 0.538. The molecule has 0 N–H and O–H groups in total. The highest BCUT2D eigenvalue weighted by Gasteiger charge is 2.39. The molecule has 1 heterocycles. The Hall–Kier alpha value is -0.920. The quantitative estimate of drug-likeness (QED) is 0.813. The first-order chi connectivity index (χ1) is 9.35. The minimum Gasteiger partial charge on any atom is -0.229 e. The second-order valence-electron chi connectivity index (χ2n) is 4.98. The van der Waals surface area contributed by atoms with Gasteiger partial charge in [0.2, 0.25) is 10.0 Å². The van der Waals surface area contributed by atoms with Crippen molar-refractivity contribution in [3.8, 4) is 0 Å². The average Bonchev–Trinajstić information content (AvgIpc) is 2.78. The third-order valence-corrected chi connectivity index (χ3v) is 7.86. The Balaban J connectivity index is 2.18. The molecule has 5 nitrogen and oxygen atoms in total. The van der Waals surface area contributed by atoms with Crippen molar-refractivity contribution < 1.29 is 16.8 Å². The molecule has 20 heavy (non-hydrogen) atoms. The lowest BCUT2D eigenvalue weighted by Crippen LogP contribution is -2.38. The van der Waals surface area contributed by atoms with Gasteiger partial charge in [-0.05, 0) is 12.0 Å². The number of sulfone groups is 1. The zero-order valence-electron chi connectivity index (χ0n) is 11.4. The number of sulfonamides is 1. The van der Waals surface area contributed by atoms with E-state index in [4.69, 9.17) is 0 Å². The van der Waals surface area contributed by atoms with Crippen molar-refractivity contribution >= 4 is 19.9 Å². The highest BCUT2D eigenvalue weighted by molar-refractivity contribution is 7.95. The van der Waals surface area contributed by atoms with Crippen LogP contribution in [0.5, 0.6) is 0 Å². The summed E-state index contributed by atoms with van der Waals surface area (Å²) in [6.07, 6.45) is 0.204. The van der Waals surface area contributed by atoms with Crippen LogP contribution in [-0.4, -0.2) is 44.4 Å². The molecule has 112 valence electrons. The Kier molecular flexibility index (Phi) is 4.51. The van der Waals surface area contributed by atoms with Gasteiger partial charge < -0.3 is 0 Å². The third-order valence-electron chi connectivity index (χ3n) is 3.53. The molecule has 0 bridgehead atoms. The Morgan fingerprint density at radius 2 is 1.90 bits per heavy atom. The lowest BCUT2D eigenvalue weighted by atomic mass is 10.2. The normalized spacial score (nSPS) is 22.2. The van der Waals surface area contributed by atoms with Gasteiger partial charge in [-0.2, -0.15) is 4.31 Å². The monoisotopic (exact) mass is 317 g/mol. The van der Waals surface area contributed by atoms with Crippen molar-refractivity contribution in [3.05, 3.63) is 35.9 Å². The Labute approximate surface area is 120 Å². The van der Waals surface area contributed by atoms with Crippen LogP contribution in [0.25, 0.3) is 0 Å². The van der Waals surface area contributed by atoms with Gasteiger partial charge in [0, 0.05) is 13.1 Å². The molecule has 0 aliphatic carbocycles. The molecule has 0 amide bonds. The zero-order valence-corrected chi connectivity index (χ0v) is 13.0. The van der Waals surface area contributed by atoms with Gasteiger partial charge in [0.1, 0.15) is 0 Å². The molecule has 0 unspecified atom stereocenters. The van der Waals surface area contributed by atoms with E-state index in [-0.39, 0.29) is 24.5 Å². The van der Waals surface area contributed by atoms with Crippen LogP contribution >= 0.6 is 0 Å². The summed E-state index contributed by atoms with van der Waals surface area (Å²) in [6, 6.07) is 9.32. The Morgan fingerprint density at radius 1 is 1.25 bits per heavy atom. The SMILES string of the molecule is CCN(Cc1ccccc1)S(=O)(=O)[C@H]1CCS(=O)(=O)C1. The highest BCUT2D eigenvalue weighted by Crippen LogP contribution is 2.23. The van der Waals surface area contributed by atoms with Crippen molar-refractivity contribution in [2.24, 2.45) is 0 Å². The summed E-state index contributed by atoms with van der Waals surface area (Å²) in [7, 11) is -6.76. The number of nitrogens with zero attached hydrogens (tertiary/aromatic N) is 1. The molecule has 1 aromatic rings. The molecule has 0 aromatic heterocycles. The predicted octanol–water partition coefficient (Wildman–Crippen LogP) is 1.03. The van der Waals surface area contributed by atoms with Crippen molar-refractivity contribution in [1.29, 1.82) is 0 Å². The molecule has 1 fully saturated rings. The zero-order chi connectivity index (χ0) is 14.8. The van der Waals surface area contributed by atoms with Crippen molar-refractivity contribution in [1.82, 2.24) is 4.31 Å². The standard InChI is InChI=1S/C13H19NO4S2/c1-2-14(10-12-6-4-3-5-7-12)20(17,18)13-8-9-19(15,16)11-13/h3-7,13H,2,8-11H2,1H3/t13-/m0/s1. The van der Waals surface area contributed by atoms with Crippen LogP contribution in [0, 0.1) is 0 Å². The van der Waals surface area contributed by atoms with Gasteiger partial charge in [-0.1, -0.05) is 37.3 Å². The van der Waals surface area contributed by atoms with Gasteiger partial charge in [0.05, 0.1) is 16.8 Å². The van der Waals surface area contributed by atoms with Gasteiger partial charge in [0.25, 0.3) is 0 Å². The Bertz CT molecular complexity index is 653. The molecule has 1 aliphatic rings. The minimum absolute atomic E-state index is 0.0280. The van der Waals surface area contributed by atoms with Crippen molar-refractivity contribution in [3.63, 3.8) is 0 Å². The third kappa shape index (κ3) is 3.39. The summed E-state index contributed by atoms with van der Waals surface area (Å²) in [6.45, 7) is 2.40. The lowest BCUT2D eigenvalue weighted by Gasteiger charge is -2.23. The van der Waals surface area contributed by atoms with E-state index < -0.39 is 25.1 Å². The maximum atomic E-state index is 12.5. The summed E-state index contributed by atoms with van der Waals surface area (Å²) < 4.78 is 49.4. The molecular formula is C13H19NO4S2. The van der Waals surface area contributed by atoms with Gasteiger partial charge in [-0.3, -0.25) is 0 Å². The first-order valence-electron chi connectivity index (χ1n) is 6.58. The fourth-order valence-electron chi connectivity index (χ4n) is 2.38. The van der Waals surface area contributed by atoms with E-state index in [2.05, 4.69) is 0 Å². The van der Waals surface area contributed by atoms with Crippen LogP contribution in [0.1, 0.15) is 18.9 Å². The largest absolute Gasteiger partial charge is 0.229 e. The second-order valence-corrected chi connectivity index (χ2v) is 9.42. The number of benzene rings is 1. The molecule has 0 spiro atoms. The van der Waals surface area contributed by atoms with Gasteiger partial charge >= 0.3 is 0 Å².